The molecule has 198 valence electrons. The fourth-order valence-corrected chi connectivity index (χ4v) is 1.62. The van der Waals surface area contributed by atoms with Crippen LogP contribution in [0, 0.1) is 6.67 Å². The summed E-state index contributed by atoms with van der Waals surface area (Å²) in [7, 11) is 0. The Morgan fingerprint density at radius 1 is 0.273 bits per heavy atom. The maximum atomic E-state index is 13.2. The van der Waals surface area contributed by atoms with Crippen LogP contribution in [0.4, 0.5) is 96.6 Å². The van der Waals surface area contributed by atoms with Gasteiger partial charge in [-0.15, -0.1) is 0 Å². The second-order valence-corrected chi connectivity index (χ2v) is 5.76. The van der Waals surface area contributed by atoms with Crippen molar-refractivity contribution in [1.82, 2.24) is 0 Å². The van der Waals surface area contributed by atoms with E-state index in [0.29, 0.717) is 0 Å². The first-order valence-electron chi connectivity index (χ1n) is 6.66. The number of hydrogen-bond donors (Lipinski definition) is 0. The fourth-order valence-electron chi connectivity index (χ4n) is 1.62. The Bertz CT molecular complexity index is 708. The van der Waals surface area contributed by atoms with Crippen LogP contribution in [0.15, 0.2) is 0 Å². The molecule has 0 saturated carbocycles. The molecule has 0 rings (SSSR count). The molecule has 0 atom stereocenters. The highest BCUT2D eigenvalue weighted by Gasteiger charge is 2.97. The van der Waals surface area contributed by atoms with E-state index in [0.717, 1.165) is 0 Å². The van der Waals surface area contributed by atoms with Gasteiger partial charge in [0.25, 0.3) is 6.67 Å². The molecule has 0 nitrogen and oxygen atoms in total. The molecule has 0 heterocycles. The highest BCUT2D eigenvalue weighted by Crippen LogP contribution is 2.66. The predicted molar refractivity (Wildman–Crippen MR) is 54.9 cm³/mol. The van der Waals surface area contributed by atoms with Gasteiger partial charge in [0.1, 0.15) is 0 Å². The first-order chi connectivity index (χ1) is 13.8. The average molecular weight is 550 g/mol. The topological polar surface area (TPSA) is 0 Å². The van der Waals surface area contributed by atoms with Crippen molar-refractivity contribution >= 4 is 0 Å². The van der Waals surface area contributed by atoms with Crippen molar-refractivity contribution in [3.05, 3.63) is 6.67 Å². The third-order valence-corrected chi connectivity index (χ3v) is 3.63. The van der Waals surface area contributed by atoms with Gasteiger partial charge >= 0.3 is 59.5 Å². The number of halogens is 22. The van der Waals surface area contributed by atoms with Crippen molar-refractivity contribution < 1.29 is 96.6 Å². The number of alkyl halides is 21. The highest BCUT2D eigenvalue weighted by molar-refractivity contribution is 5.18. The standard InChI is InChI=1S/C11F22/c12-1-2(13,14)3(15,16)4(17,18)5(19,20)6(21,22)7(23,24)8(25,26)9(27,28)10(29,30)11(31,32)33. The molecular formula is C11F22. The summed E-state index contributed by atoms with van der Waals surface area (Å²) in [5, 5.41) is 0. The maximum absolute atomic E-state index is 13.2. The van der Waals surface area contributed by atoms with Crippen molar-refractivity contribution in [1.29, 1.82) is 0 Å². The number of hydrogen-bond acceptors (Lipinski definition) is 0. The van der Waals surface area contributed by atoms with E-state index in [1.165, 1.54) is 0 Å². The van der Waals surface area contributed by atoms with Gasteiger partial charge in [0.15, 0.2) is 0 Å². The summed E-state index contributed by atoms with van der Waals surface area (Å²) in [5.74, 6) is -78.6. The second kappa shape index (κ2) is 7.48. The van der Waals surface area contributed by atoms with Crippen LogP contribution < -0.4 is 0 Å². The zero-order chi connectivity index (χ0) is 27.7. The Morgan fingerprint density at radius 2 is 0.455 bits per heavy atom. The largest absolute Gasteiger partial charge is 0.460 e. The molecule has 33 heavy (non-hydrogen) atoms. The molecule has 0 aromatic heterocycles. The van der Waals surface area contributed by atoms with Crippen molar-refractivity contribution in [3.8, 4) is 0 Å². The minimum Gasteiger partial charge on any atom is -0.229 e. The minimum atomic E-state index is -9.24. The van der Waals surface area contributed by atoms with E-state index in [1.807, 2.05) is 0 Å². The SMILES string of the molecule is F[C]C(F)(F)C(F)(F)C(F)(F)C(F)(F)C(F)(F)C(F)(F)C(F)(F)C(F)(F)C(F)(F)C(F)(F)F. The quantitative estimate of drug-likeness (QED) is 0.265. The van der Waals surface area contributed by atoms with Gasteiger partial charge in [0, 0.05) is 0 Å². The molecule has 0 saturated heterocycles. The van der Waals surface area contributed by atoms with E-state index in [-0.39, 0.29) is 0 Å². The Labute approximate surface area is 164 Å². The summed E-state index contributed by atoms with van der Waals surface area (Å²) < 4.78 is 279. The van der Waals surface area contributed by atoms with Gasteiger partial charge in [0.05, 0.1) is 0 Å². The molecule has 0 spiro atoms. The van der Waals surface area contributed by atoms with Crippen LogP contribution in [0.3, 0.4) is 0 Å². The van der Waals surface area contributed by atoms with Gasteiger partial charge in [-0.1, -0.05) is 0 Å². The van der Waals surface area contributed by atoms with Crippen LogP contribution in [0.5, 0.6) is 0 Å². The van der Waals surface area contributed by atoms with Crippen LogP contribution in [-0.2, 0) is 0 Å². The zero-order valence-electron chi connectivity index (χ0n) is 13.8. The fraction of sp³-hybridized carbons (Fsp3) is 0.909. The molecule has 0 aromatic carbocycles. The molecule has 0 aliphatic rings. The van der Waals surface area contributed by atoms with E-state index in [9.17, 15) is 96.6 Å². The molecular weight excluding hydrogens is 550 g/mol. The van der Waals surface area contributed by atoms with Gasteiger partial charge in [-0.25, -0.2) is 4.39 Å². The highest BCUT2D eigenvalue weighted by atomic mass is 19.4. The van der Waals surface area contributed by atoms with E-state index >= 15 is 0 Å². The Kier molecular flexibility index (Phi) is 7.13. The first kappa shape index (κ1) is 31.5. The maximum Gasteiger partial charge on any atom is 0.460 e. The van der Waals surface area contributed by atoms with Crippen molar-refractivity contribution in [2.24, 2.45) is 0 Å². The van der Waals surface area contributed by atoms with E-state index < -0.39 is 66.2 Å². The lowest BCUT2D eigenvalue weighted by molar-refractivity contribution is -0.473. The Hall–Kier alpha value is -1.54. The normalized spacial score (nSPS) is 16.9. The first-order valence-corrected chi connectivity index (χ1v) is 6.66. The van der Waals surface area contributed by atoms with E-state index in [4.69, 9.17) is 0 Å². The van der Waals surface area contributed by atoms with Gasteiger partial charge in [-0.05, 0) is 0 Å². The predicted octanol–water partition coefficient (Wildman–Crippen LogP) is 7.27. The van der Waals surface area contributed by atoms with Crippen molar-refractivity contribution in [3.63, 3.8) is 0 Å². The third-order valence-electron chi connectivity index (χ3n) is 3.63. The summed E-state index contributed by atoms with van der Waals surface area (Å²) in [6.07, 6.45) is -8.03. The second-order valence-electron chi connectivity index (χ2n) is 5.76. The minimum absolute atomic E-state index is 1.68. The van der Waals surface area contributed by atoms with Gasteiger partial charge in [-0.3, -0.25) is 0 Å². The number of rotatable bonds is 9. The molecule has 2 radical (unpaired) electrons. The van der Waals surface area contributed by atoms with Crippen molar-refractivity contribution in [2.45, 2.75) is 59.5 Å². The molecule has 0 aromatic rings. The smallest absolute Gasteiger partial charge is 0.229 e. The lowest BCUT2D eigenvalue weighted by atomic mass is 9.86. The van der Waals surface area contributed by atoms with Crippen LogP contribution in [0.25, 0.3) is 0 Å². The van der Waals surface area contributed by atoms with E-state index in [1.54, 1.807) is 0 Å². The van der Waals surface area contributed by atoms with Gasteiger partial charge < -0.3 is 0 Å². The molecule has 0 aliphatic heterocycles. The third kappa shape index (κ3) is 3.63. The summed E-state index contributed by atoms with van der Waals surface area (Å²) in [5.41, 5.74) is 0. The molecule has 22 heteroatoms. The lowest BCUT2D eigenvalue weighted by Crippen LogP contribution is -2.76. The average Bonchev–Trinajstić information content (AvgIpc) is 2.59. The molecule has 0 amide bonds. The van der Waals surface area contributed by atoms with Crippen LogP contribution in [0.1, 0.15) is 0 Å². The molecule has 0 fully saturated rings. The van der Waals surface area contributed by atoms with Crippen molar-refractivity contribution in [2.75, 3.05) is 0 Å². The summed E-state index contributed by atoms with van der Waals surface area (Å²) >= 11 is 0. The Morgan fingerprint density at radius 3 is 0.636 bits per heavy atom. The summed E-state index contributed by atoms with van der Waals surface area (Å²) in [6.45, 7) is -1.68. The summed E-state index contributed by atoms with van der Waals surface area (Å²) in [6, 6.07) is 0. The van der Waals surface area contributed by atoms with E-state index in [2.05, 4.69) is 0 Å². The van der Waals surface area contributed by atoms with Crippen LogP contribution in [-0.4, -0.2) is 59.5 Å². The van der Waals surface area contributed by atoms with Crippen LogP contribution >= 0.6 is 0 Å². The molecule has 0 aliphatic carbocycles. The summed E-state index contributed by atoms with van der Waals surface area (Å²) in [4.78, 5) is 0. The Balaban J connectivity index is 7.03. The zero-order valence-corrected chi connectivity index (χ0v) is 13.8. The monoisotopic (exact) mass is 550 g/mol. The molecule has 0 unspecified atom stereocenters. The van der Waals surface area contributed by atoms with Gasteiger partial charge in [0.2, 0.25) is 0 Å². The molecule has 0 bridgehead atoms. The van der Waals surface area contributed by atoms with Crippen LogP contribution in [0.2, 0.25) is 0 Å². The van der Waals surface area contributed by atoms with Gasteiger partial charge in [-0.2, -0.15) is 92.2 Å². The lowest BCUT2D eigenvalue weighted by Gasteiger charge is -2.44. The molecule has 0 N–H and O–H groups in total.